The number of hydrogen-bond acceptors (Lipinski definition) is 4. The van der Waals surface area contributed by atoms with Gasteiger partial charge in [-0.1, -0.05) is 74.0 Å². The second-order valence-electron chi connectivity index (χ2n) is 9.85. The third-order valence-electron chi connectivity index (χ3n) is 6.88. The van der Waals surface area contributed by atoms with E-state index in [0.29, 0.717) is 5.69 Å². The van der Waals surface area contributed by atoms with Crippen LogP contribution in [0.2, 0.25) is 0 Å². The molecule has 39 heavy (non-hydrogen) atoms. The lowest BCUT2D eigenvalue weighted by Crippen LogP contribution is -2.52. The molecule has 0 saturated carbocycles. The Labute approximate surface area is 232 Å². The second-order valence-corrected chi connectivity index (χ2v) is 11.7. The molecule has 2 atom stereocenters. The number of anilines is 1. The topological polar surface area (TPSA) is 86.8 Å². The maximum absolute atomic E-state index is 13.9. The van der Waals surface area contributed by atoms with E-state index in [0.717, 1.165) is 33.8 Å². The first kappa shape index (κ1) is 29.9. The van der Waals surface area contributed by atoms with Crippen LogP contribution < -0.4 is 9.62 Å². The van der Waals surface area contributed by atoms with Crippen LogP contribution in [0.3, 0.4) is 0 Å². The first-order valence-electron chi connectivity index (χ1n) is 13.4. The molecule has 208 valence electrons. The van der Waals surface area contributed by atoms with Gasteiger partial charge in [0.25, 0.3) is 10.0 Å². The smallest absolute Gasteiger partial charge is 0.264 e. The lowest BCUT2D eigenvalue weighted by Gasteiger charge is -2.32. The van der Waals surface area contributed by atoms with E-state index in [9.17, 15) is 18.0 Å². The highest BCUT2D eigenvalue weighted by atomic mass is 32.2. The van der Waals surface area contributed by atoms with E-state index < -0.39 is 28.5 Å². The molecule has 0 spiro atoms. The third-order valence-corrected chi connectivity index (χ3v) is 8.67. The van der Waals surface area contributed by atoms with Crippen molar-refractivity contribution in [2.24, 2.45) is 0 Å². The van der Waals surface area contributed by atoms with Crippen LogP contribution in [0.25, 0.3) is 0 Å². The van der Waals surface area contributed by atoms with Gasteiger partial charge >= 0.3 is 0 Å². The van der Waals surface area contributed by atoms with Gasteiger partial charge in [0.05, 0.1) is 10.6 Å². The van der Waals surface area contributed by atoms with Crippen LogP contribution in [-0.4, -0.2) is 43.8 Å². The molecule has 3 rings (SSSR count). The van der Waals surface area contributed by atoms with E-state index in [1.807, 2.05) is 64.1 Å². The van der Waals surface area contributed by atoms with Gasteiger partial charge in [-0.2, -0.15) is 0 Å². The molecule has 0 aliphatic carbocycles. The van der Waals surface area contributed by atoms with Crippen molar-refractivity contribution < 1.29 is 18.0 Å². The number of rotatable bonds is 12. The van der Waals surface area contributed by atoms with Crippen molar-refractivity contribution in [1.29, 1.82) is 0 Å². The molecule has 3 aromatic rings. The molecule has 0 unspecified atom stereocenters. The van der Waals surface area contributed by atoms with Gasteiger partial charge in [-0.3, -0.25) is 13.9 Å². The second kappa shape index (κ2) is 13.4. The van der Waals surface area contributed by atoms with Gasteiger partial charge < -0.3 is 10.2 Å². The normalized spacial score (nSPS) is 12.8. The Hall–Kier alpha value is -3.65. The summed E-state index contributed by atoms with van der Waals surface area (Å²) in [4.78, 5) is 28.6. The SMILES string of the molecule is CCc1ccc(N(CC(=O)N(Cc2ccc(C)cc2)[C@@H](C)C(=O)N[C@@H](C)CC)S(=O)(=O)c2ccccc2)cc1. The van der Waals surface area contributed by atoms with Gasteiger partial charge in [-0.05, 0) is 69.0 Å². The minimum absolute atomic E-state index is 0.0525. The highest BCUT2D eigenvalue weighted by molar-refractivity contribution is 7.92. The fraction of sp³-hybridized carbons (Fsp3) is 0.355. The largest absolute Gasteiger partial charge is 0.352 e. The molecule has 7 nitrogen and oxygen atoms in total. The predicted octanol–water partition coefficient (Wildman–Crippen LogP) is 5.08. The summed E-state index contributed by atoms with van der Waals surface area (Å²) >= 11 is 0. The van der Waals surface area contributed by atoms with Crippen molar-refractivity contribution in [2.75, 3.05) is 10.8 Å². The van der Waals surface area contributed by atoms with E-state index in [1.165, 1.54) is 17.0 Å². The third kappa shape index (κ3) is 7.69. The first-order valence-corrected chi connectivity index (χ1v) is 14.8. The standard InChI is InChI=1S/C31H39N3O4S/c1-6-24(4)32-31(36)25(5)33(21-27-15-13-23(3)14-16-27)30(35)22-34(28-19-17-26(7-2)18-20-28)39(37,38)29-11-9-8-10-12-29/h8-20,24-25H,6-7,21-22H2,1-5H3,(H,32,36)/t24-,25-/m0/s1. The molecule has 2 amide bonds. The summed E-state index contributed by atoms with van der Waals surface area (Å²) < 4.78 is 28.7. The Balaban J connectivity index is 2.01. The quantitative estimate of drug-likeness (QED) is 0.341. The van der Waals surface area contributed by atoms with Crippen LogP contribution in [0.5, 0.6) is 0 Å². The molecule has 0 bridgehead atoms. The Morgan fingerprint density at radius 3 is 2.00 bits per heavy atom. The van der Waals surface area contributed by atoms with Gasteiger partial charge in [-0.15, -0.1) is 0 Å². The number of carbonyl (C=O) groups excluding carboxylic acids is 2. The number of hydrogen-bond donors (Lipinski definition) is 1. The van der Waals surface area contributed by atoms with Crippen molar-refractivity contribution in [1.82, 2.24) is 10.2 Å². The summed E-state index contributed by atoms with van der Waals surface area (Å²) in [6.07, 6.45) is 1.55. The predicted molar refractivity (Wildman–Crippen MR) is 156 cm³/mol. The molecule has 0 aromatic heterocycles. The fourth-order valence-corrected chi connectivity index (χ4v) is 5.52. The molecule has 0 radical (unpaired) electrons. The van der Waals surface area contributed by atoms with Gasteiger partial charge in [0.1, 0.15) is 12.6 Å². The molecule has 0 saturated heterocycles. The number of carbonyl (C=O) groups is 2. The first-order chi connectivity index (χ1) is 18.6. The number of nitrogens with one attached hydrogen (secondary N) is 1. The fourth-order valence-electron chi connectivity index (χ4n) is 4.08. The Morgan fingerprint density at radius 1 is 0.846 bits per heavy atom. The zero-order valence-electron chi connectivity index (χ0n) is 23.4. The monoisotopic (exact) mass is 549 g/mol. The molecule has 3 aromatic carbocycles. The number of amides is 2. The molecular weight excluding hydrogens is 510 g/mol. The number of benzene rings is 3. The zero-order chi connectivity index (χ0) is 28.6. The summed E-state index contributed by atoms with van der Waals surface area (Å²) in [5.41, 5.74) is 3.37. The summed E-state index contributed by atoms with van der Waals surface area (Å²) in [6, 6.07) is 22.1. The van der Waals surface area contributed by atoms with Gasteiger partial charge in [0.15, 0.2) is 0 Å². The van der Waals surface area contributed by atoms with Crippen molar-refractivity contribution in [3.63, 3.8) is 0 Å². The average molecular weight is 550 g/mol. The van der Waals surface area contributed by atoms with E-state index in [-0.39, 0.29) is 23.4 Å². The van der Waals surface area contributed by atoms with Crippen molar-refractivity contribution in [3.8, 4) is 0 Å². The van der Waals surface area contributed by atoms with Crippen LogP contribution in [0.4, 0.5) is 5.69 Å². The summed E-state index contributed by atoms with van der Waals surface area (Å²) in [5, 5.41) is 2.95. The summed E-state index contributed by atoms with van der Waals surface area (Å²) in [6.45, 7) is 9.27. The maximum atomic E-state index is 13.9. The Kier molecular flexibility index (Phi) is 10.3. The Bertz CT molecular complexity index is 1340. The lowest BCUT2D eigenvalue weighted by atomic mass is 10.1. The van der Waals surface area contributed by atoms with Crippen molar-refractivity contribution in [2.45, 2.75) is 71.0 Å². The summed E-state index contributed by atoms with van der Waals surface area (Å²) in [5.74, 6) is -0.754. The average Bonchev–Trinajstić information content (AvgIpc) is 2.95. The van der Waals surface area contributed by atoms with E-state index in [1.54, 1.807) is 37.3 Å². The molecule has 0 fully saturated rings. The van der Waals surface area contributed by atoms with Crippen LogP contribution in [0.1, 0.15) is 50.8 Å². The number of aryl methyl sites for hydroxylation is 2. The minimum atomic E-state index is -4.06. The van der Waals surface area contributed by atoms with E-state index >= 15 is 0 Å². The van der Waals surface area contributed by atoms with Crippen LogP contribution in [0, 0.1) is 6.92 Å². The molecular formula is C31H39N3O4S. The Morgan fingerprint density at radius 2 is 1.44 bits per heavy atom. The maximum Gasteiger partial charge on any atom is 0.264 e. The van der Waals surface area contributed by atoms with E-state index in [4.69, 9.17) is 0 Å². The van der Waals surface area contributed by atoms with Crippen LogP contribution in [0.15, 0.2) is 83.8 Å². The molecule has 0 aliphatic rings. The van der Waals surface area contributed by atoms with Gasteiger partial charge in [0.2, 0.25) is 11.8 Å². The molecule has 8 heteroatoms. The highest BCUT2D eigenvalue weighted by Gasteiger charge is 2.32. The van der Waals surface area contributed by atoms with Crippen molar-refractivity contribution in [3.05, 3.63) is 95.6 Å². The minimum Gasteiger partial charge on any atom is -0.352 e. The van der Waals surface area contributed by atoms with E-state index in [2.05, 4.69) is 5.32 Å². The molecule has 0 aliphatic heterocycles. The van der Waals surface area contributed by atoms with Crippen LogP contribution >= 0.6 is 0 Å². The lowest BCUT2D eigenvalue weighted by molar-refractivity contribution is -0.139. The van der Waals surface area contributed by atoms with Gasteiger partial charge in [-0.25, -0.2) is 8.42 Å². The molecule has 0 heterocycles. The molecule has 1 N–H and O–H groups in total. The van der Waals surface area contributed by atoms with Crippen LogP contribution in [-0.2, 0) is 32.6 Å². The number of sulfonamides is 1. The summed E-state index contributed by atoms with van der Waals surface area (Å²) in [7, 11) is -4.06. The van der Waals surface area contributed by atoms with Crippen molar-refractivity contribution >= 4 is 27.5 Å². The zero-order valence-corrected chi connectivity index (χ0v) is 24.2. The number of nitrogens with zero attached hydrogens (tertiary/aromatic N) is 2. The van der Waals surface area contributed by atoms with Gasteiger partial charge in [0, 0.05) is 12.6 Å². The highest BCUT2D eigenvalue weighted by Crippen LogP contribution is 2.25.